The molecule has 1 aromatic rings. The highest BCUT2D eigenvalue weighted by atomic mass is 16.5. The van der Waals surface area contributed by atoms with Crippen LogP contribution in [0.3, 0.4) is 0 Å². The van der Waals surface area contributed by atoms with Crippen molar-refractivity contribution >= 4 is 5.97 Å². The number of rotatable bonds is 10. The minimum atomic E-state index is -0.148. The number of benzene rings is 1. The van der Waals surface area contributed by atoms with Crippen LogP contribution in [0.2, 0.25) is 0 Å². The normalized spacial score (nSPS) is 10.7. The Labute approximate surface area is 128 Å². The first kappa shape index (κ1) is 17.5. The largest absolute Gasteiger partial charge is 0.494 e. The van der Waals surface area contributed by atoms with Gasteiger partial charge in [-0.2, -0.15) is 0 Å². The molecule has 0 amide bonds. The van der Waals surface area contributed by atoms with Crippen molar-refractivity contribution in [3.05, 3.63) is 29.8 Å². The Hall–Kier alpha value is -1.55. The minimum Gasteiger partial charge on any atom is -0.494 e. The Morgan fingerprint density at radius 1 is 1.24 bits per heavy atom. The third-order valence-electron chi connectivity index (χ3n) is 3.07. The first-order valence-corrected chi connectivity index (χ1v) is 7.73. The van der Waals surface area contributed by atoms with Crippen molar-refractivity contribution in [2.24, 2.45) is 0 Å². The van der Waals surface area contributed by atoms with Gasteiger partial charge in [0.05, 0.1) is 19.8 Å². The molecule has 0 aliphatic heterocycles. The van der Waals surface area contributed by atoms with E-state index in [9.17, 15) is 4.79 Å². The smallest absolute Gasteiger partial charge is 0.320 e. The number of ether oxygens (including phenoxy) is 2. The molecule has 1 rings (SSSR count). The van der Waals surface area contributed by atoms with Gasteiger partial charge in [0.2, 0.25) is 0 Å². The van der Waals surface area contributed by atoms with Crippen LogP contribution in [0, 0.1) is 6.92 Å². The van der Waals surface area contributed by atoms with Crippen LogP contribution in [-0.4, -0.2) is 43.7 Å². The van der Waals surface area contributed by atoms with E-state index in [0.717, 1.165) is 31.7 Å². The summed E-state index contributed by atoms with van der Waals surface area (Å²) in [7, 11) is 0. The van der Waals surface area contributed by atoms with E-state index >= 15 is 0 Å². The fourth-order valence-corrected chi connectivity index (χ4v) is 2.16. The van der Waals surface area contributed by atoms with E-state index in [1.54, 1.807) is 0 Å². The lowest BCUT2D eigenvalue weighted by Crippen LogP contribution is -2.33. The Balaban J connectivity index is 2.28. The number of hydrogen-bond donors (Lipinski definition) is 0. The number of aryl methyl sites for hydroxylation is 1. The summed E-state index contributed by atoms with van der Waals surface area (Å²) < 4.78 is 10.7. The fraction of sp³-hybridized carbons (Fsp3) is 0.588. The zero-order chi connectivity index (χ0) is 15.5. The molecule has 0 N–H and O–H groups in total. The quantitative estimate of drug-likeness (QED) is 0.491. The second-order valence-electron chi connectivity index (χ2n) is 5.10. The van der Waals surface area contributed by atoms with Gasteiger partial charge < -0.3 is 9.47 Å². The van der Waals surface area contributed by atoms with Gasteiger partial charge >= 0.3 is 5.97 Å². The Morgan fingerprint density at radius 2 is 2.05 bits per heavy atom. The summed E-state index contributed by atoms with van der Waals surface area (Å²) in [6.07, 6.45) is 1.92. The predicted octanol–water partition coefficient (Wildman–Crippen LogP) is 3.04. The number of carbonyl (C=O) groups excluding carboxylic acids is 1. The summed E-state index contributed by atoms with van der Waals surface area (Å²) in [5.41, 5.74) is 1.20. The average Bonchev–Trinajstić information content (AvgIpc) is 2.44. The van der Waals surface area contributed by atoms with Crippen LogP contribution in [0.25, 0.3) is 0 Å². The Kier molecular flexibility index (Phi) is 8.51. The maximum Gasteiger partial charge on any atom is 0.320 e. The molecular weight excluding hydrogens is 266 g/mol. The summed E-state index contributed by atoms with van der Waals surface area (Å²) in [5, 5.41) is 0. The number of nitrogens with zero attached hydrogens (tertiary/aromatic N) is 1. The molecule has 0 saturated carbocycles. The second kappa shape index (κ2) is 10.2. The van der Waals surface area contributed by atoms with Gasteiger partial charge in [-0.05, 0) is 50.9 Å². The van der Waals surface area contributed by atoms with Crippen LogP contribution in [-0.2, 0) is 9.53 Å². The summed E-state index contributed by atoms with van der Waals surface area (Å²) in [4.78, 5) is 13.6. The topological polar surface area (TPSA) is 38.8 Å². The lowest BCUT2D eigenvalue weighted by Gasteiger charge is -2.20. The van der Waals surface area contributed by atoms with Gasteiger partial charge in [0.1, 0.15) is 5.75 Å². The lowest BCUT2D eigenvalue weighted by atomic mass is 10.2. The van der Waals surface area contributed by atoms with E-state index in [0.29, 0.717) is 19.8 Å². The van der Waals surface area contributed by atoms with Gasteiger partial charge in [-0.25, -0.2) is 0 Å². The van der Waals surface area contributed by atoms with Gasteiger partial charge in [0.15, 0.2) is 0 Å². The van der Waals surface area contributed by atoms with Crippen molar-refractivity contribution in [3.8, 4) is 5.75 Å². The monoisotopic (exact) mass is 293 g/mol. The van der Waals surface area contributed by atoms with Gasteiger partial charge in [-0.15, -0.1) is 0 Å². The second-order valence-corrected chi connectivity index (χ2v) is 5.10. The summed E-state index contributed by atoms with van der Waals surface area (Å²) in [6.45, 7) is 9.21. The number of esters is 1. The molecule has 0 aromatic heterocycles. The Morgan fingerprint density at radius 3 is 2.71 bits per heavy atom. The van der Waals surface area contributed by atoms with E-state index < -0.39 is 0 Å². The van der Waals surface area contributed by atoms with Gasteiger partial charge in [-0.1, -0.05) is 19.1 Å². The van der Waals surface area contributed by atoms with Gasteiger partial charge in [-0.3, -0.25) is 9.69 Å². The molecule has 0 bridgehead atoms. The van der Waals surface area contributed by atoms with Crippen molar-refractivity contribution in [3.63, 3.8) is 0 Å². The highest BCUT2D eigenvalue weighted by Crippen LogP contribution is 2.12. The molecular formula is C17H27NO3. The third-order valence-corrected chi connectivity index (χ3v) is 3.07. The maximum absolute atomic E-state index is 11.5. The summed E-state index contributed by atoms with van der Waals surface area (Å²) in [5.74, 6) is 0.757. The SMILES string of the molecule is CCCN(CCCOc1cccc(C)c1)CC(=O)OCC. The molecule has 0 heterocycles. The highest BCUT2D eigenvalue weighted by Gasteiger charge is 2.10. The molecule has 0 fully saturated rings. The van der Waals surface area contributed by atoms with Crippen molar-refractivity contribution in [1.82, 2.24) is 4.90 Å². The van der Waals surface area contributed by atoms with Crippen LogP contribution in [0.4, 0.5) is 0 Å². The maximum atomic E-state index is 11.5. The van der Waals surface area contributed by atoms with Crippen molar-refractivity contribution < 1.29 is 14.3 Å². The standard InChI is InChI=1S/C17H27NO3/c1-4-10-18(14-17(19)20-5-2)11-7-12-21-16-9-6-8-15(3)13-16/h6,8-9,13H,4-5,7,10-12,14H2,1-3H3. The van der Waals surface area contributed by atoms with Crippen LogP contribution < -0.4 is 4.74 Å². The molecule has 0 aliphatic rings. The van der Waals surface area contributed by atoms with Crippen LogP contribution >= 0.6 is 0 Å². The Bertz CT molecular complexity index is 420. The van der Waals surface area contributed by atoms with Crippen molar-refractivity contribution in [1.29, 1.82) is 0 Å². The zero-order valence-corrected chi connectivity index (χ0v) is 13.4. The number of carbonyl (C=O) groups is 1. The molecule has 0 radical (unpaired) electrons. The molecule has 1 aromatic carbocycles. The van der Waals surface area contributed by atoms with Crippen LogP contribution in [0.15, 0.2) is 24.3 Å². The molecule has 0 unspecified atom stereocenters. The molecule has 4 nitrogen and oxygen atoms in total. The molecule has 0 saturated heterocycles. The molecule has 21 heavy (non-hydrogen) atoms. The van der Waals surface area contributed by atoms with E-state index in [4.69, 9.17) is 9.47 Å². The summed E-state index contributed by atoms with van der Waals surface area (Å²) in [6, 6.07) is 8.04. The van der Waals surface area contributed by atoms with E-state index in [-0.39, 0.29) is 5.97 Å². The first-order chi connectivity index (χ1) is 10.2. The van der Waals surface area contributed by atoms with Crippen LogP contribution in [0.1, 0.15) is 32.3 Å². The van der Waals surface area contributed by atoms with Gasteiger partial charge in [0.25, 0.3) is 0 Å². The molecule has 118 valence electrons. The zero-order valence-electron chi connectivity index (χ0n) is 13.4. The average molecular weight is 293 g/mol. The predicted molar refractivity (Wildman–Crippen MR) is 84.7 cm³/mol. The first-order valence-electron chi connectivity index (χ1n) is 7.73. The van der Waals surface area contributed by atoms with Crippen molar-refractivity contribution in [2.75, 3.05) is 32.8 Å². The highest BCUT2D eigenvalue weighted by molar-refractivity contribution is 5.71. The van der Waals surface area contributed by atoms with Gasteiger partial charge in [0, 0.05) is 6.54 Å². The van der Waals surface area contributed by atoms with E-state index in [1.807, 2.05) is 25.1 Å². The van der Waals surface area contributed by atoms with Crippen molar-refractivity contribution in [2.45, 2.75) is 33.6 Å². The lowest BCUT2D eigenvalue weighted by molar-refractivity contribution is -0.144. The fourth-order valence-electron chi connectivity index (χ4n) is 2.16. The molecule has 0 aliphatic carbocycles. The minimum absolute atomic E-state index is 0.148. The van der Waals surface area contributed by atoms with E-state index in [1.165, 1.54) is 5.56 Å². The summed E-state index contributed by atoms with van der Waals surface area (Å²) >= 11 is 0. The van der Waals surface area contributed by atoms with Crippen LogP contribution in [0.5, 0.6) is 5.75 Å². The molecule has 0 spiro atoms. The number of hydrogen-bond acceptors (Lipinski definition) is 4. The third kappa shape index (κ3) is 7.71. The molecule has 4 heteroatoms. The molecule has 0 atom stereocenters. The van der Waals surface area contributed by atoms with E-state index in [2.05, 4.69) is 24.8 Å².